The maximum absolute atomic E-state index is 11.8. The number of hydrogen-bond acceptors (Lipinski definition) is 4. The highest BCUT2D eigenvalue weighted by molar-refractivity contribution is 5.36. The lowest BCUT2D eigenvalue weighted by Gasteiger charge is -2.32. The molecule has 3 rings (SSSR count). The Morgan fingerprint density at radius 3 is 2.89 bits per heavy atom. The second-order valence-corrected chi connectivity index (χ2v) is 4.90. The zero-order chi connectivity index (χ0) is 12.8. The normalized spacial score (nSPS) is 31.8. The summed E-state index contributed by atoms with van der Waals surface area (Å²) in [5, 5.41) is 10.9. The van der Waals surface area contributed by atoms with Gasteiger partial charge in [-0.2, -0.15) is 0 Å². The lowest BCUT2D eigenvalue weighted by Crippen LogP contribution is -2.39. The predicted octanol–water partition coefficient (Wildman–Crippen LogP) is 0.518. The summed E-state index contributed by atoms with van der Waals surface area (Å²) in [5.74, 6) is -0.205. The monoisotopic (exact) mass is 251 g/mol. The van der Waals surface area contributed by atoms with Gasteiger partial charge in [-0.3, -0.25) is 4.79 Å². The van der Waals surface area contributed by atoms with Crippen molar-refractivity contribution in [1.29, 1.82) is 0 Å². The quantitative estimate of drug-likeness (QED) is 0.803. The summed E-state index contributed by atoms with van der Waals surface area (Å²) in [6.45, 7) is 3.01. The van der Waals surface area contributed by atoms with E-state index < -0.39 is 11.9 Å². The van der Waals surface area contributed by atoms with E-state index in [9.17, 15) is 9.90 Å². The van der Waals surface area contributed by atoms with Crippen LogP contribution >= 0.6 is 0 Å². The van der Waals surface area contributed by atoms with Crippen molar-refractivity contribution in [2.45, 2.75) is 31.7 Å². The van der Waals surface area contributed by atoms with Gasteiger partial charge in [0.15, 0.2) is 6.29 Å². The van der Waals surface area contributed by atoms with Crippen molar-refractivity contribution in [3.8, 4) is 0 Å². The molecular formula is C13H17NO4. The molecule has 2 N–H and O–H groups in total. The molecule has 0 bridgehead atoms. The average Bonchev–Trinajstić information content (AvgIpc) is 2.97. The summed E-state index contributed by atoms with van der Waals surface area (Å²) in [6.07, 6.45) is 2.21. The van der Waals surface area contributed by atoms with Gasteiger partial charge in [-0.05, 0) is 24.5 Å². The van der Waals surface area contributed by atoms with Gasteiger partial charge >= 0.3 is 0 Å². The average molecular weight is 251 g/mol. The van der Waals surface area contributed by atoms with E-state index >= 15 is 0 Å². The largest absolute Gasteiger partial charge is 0.385 e. The van der Waals surface area contributed by atoms with Crippen LogP contribution in [-0.4, -0.2) is 29.6 Å². The number of fused-ring (bicyclic) bond motifs is 1. The third kappa shape index (κ3) is 1.55. The van der Waals surface area contributed by atoms with Crippen molar-refractivity contribution in [1.82, 2.24) is 4.98 Å². The van der Waals surface area contributed by atoms with Crippen molar-refractivity contribution in [3.63, 3.8) is 0 Å². The SMILES string of the molecule is CCC1(O)c2cc[nH]c(=O)c2CC1C1OCCO1. The smallest absolute Gasteiger partial charge is 0.251 e. The summed E-state index contributed by atoms with van der Waals surface area (Å²) < 4.78 is 11.0. The van der Waals surface area contributed by atoms with Gasteiger partial charge in [0.2, 0.25) is 0 Å². The molecule has 0 aromatic carbocycles. The van der Waals surface area contributed by atoms with Gasteiger partial charge in [-0.25, -0.2) is 0 Å². The van der Waals surface area contributed by atoms with Crippen LogP contribution in [0.4, 0.5) is 0 Å². The highest BCUT2D eigenvalue weighted by Gasteiger charge is 2.50. The molecule has 0 radical (unpaired) electrons. The molecule has 2 unspecified atom stereocenters. The molecule has 98 valence electrons. The van der Waals surface area contributed by atoms with Gasteiger partial charge in [0.1, 0.15) is 0 Å². The number of H-pyrrole nitrogens is 1. The molecule has 0 amide bonds. The number of nitrogens with one attached hydrogen (secondary N) is 1. The number of ether oxygens (including phenoxy) is 2. The van der Waals surface area contributed by atoms with Crippen LogP contribution in [0.2, 0.25) is 0 Å². The van der Waals surface area contributed by atoms with E-state index in [4.69, 9.17) is 9.47 Å². The maximum atomic E-state index is 11.8. The van der Waals surface area contributed by atoms with E-state index in [0.29, 0.717) is 31.6 Å². The van der Waals surface area contributed by atoms with Crippen LogP contribution in [0.5, 0.6) is 0 Å². The molecule has 0 spiro atoms. The van der Waals surface area contributed by atoms with E-state index in [-0.39, 0.29) is 11.5 Å². The molecule has 5 nitrogen and oxygen atoms in total. The number of hydrogen-bond donors (Lipinski definition) is 2. The van der Waals surface area contributed by atoms with Crippen molar-refractivity contribution < 1.29 is 14.6 Å². The number of aliphatic hydroxyl groups is 1. The fourth-order valence-electron chi connectivity index (χ4n) is 3.09. The molecule has 18 heavy (non-hydrogen) atoms. The van der Waals surface area contributed by atoms with E-state index in [1.54, 1.807) is 12.3 Å². The standard InChI is InChI=1S/C13H17NO4/c1-2-13(16)9-3-4-14-11(15)8(9)7-10(13)12-17-5-6-18-12/h3-4,10,12,16H,2,5-7H2,1H3,(H,14,15). The molecule has 1 aliphatic heterocycles. The number of aromatic nitrogens is 1. The van der Waals surface area contributed by atoms with Crippen LogP contribution in [0, 0.1) is 5.92 Å². The molecule has 2 atom stereocenters. The molecule has 1 aliphatic carbocycles. The zero-order valence-electron chi connectivity index (χ0n) is 10.3. The van der Waals surface area contributed by atoms with Crippen LogP contribution in [-0.2, 0) is 21.5 Å². The van der Waals surface area contributed by atoms with Crippen molar-refractivity contribution >= 4 is 0 Å². The maximum Gasteiger partial charge on any atom is 0.251 e. The van der Waals surface area contributed by atoms with Gasteiger partial charge < -0.3 is 19.6 Å². The fraction of sp³-hybridized carbons (Fsp3) is 0.615. The molecule has 0 saturated carbocycles. The first-order chi connectivity index (χ1) is 8.66. The van der Waals surface area contributed by atoms with Crippen LogP contribution < -0.4 is 5.56 Å². The van der Waals surface area contributed by atoms with Gasteiger partial charge in [0.05, 0.1) is 18.8 Å². The lowest BCUT2D eigenvalue weighted by molar-refractivity contribution is -0.152. The van der Waals surface area contributed by atoms with E-state index in [1.165, 1.54) is 0 Å². The number of aromatic amines is 1. The number of pyridine rings is 1. The molecular weight excluding hydrogens is 234 g/mol. The Balaban J connectivity index is 2.05. The van der Waals surface area contributed by atoms with Crippen molar-refractivity contribution in [3.05, 3.63) is 33.7 Å². The predicted molar refractivity (Wildman–Crippen MR) is 64.1 cm³/mol. The van der Waals surface area contributed by atoms with Crippen LogP contribution in [0.3, 0.4) is 0 Å². The van der Waals surface area contributed by atoms with Crippen LogP contribution in [0.25, 0.3) is 0 Å². The summed E-state index contributed by atoms with van der Waals surface area (Å²) in [4.78, 5) is 14.5. The molecule has 2 aliphatic rings. The Bertz CT molecular complexity index is 506. The summed E-state index contributed by atoms with van der Waals surface area (Å²) in [6, 6.07) is 1.79. The van der Waals surface area contributed by atoms with Gasteiger partial charge in [0.25, 0.3) is 5.56 Å². The Hall–Kier alpha value is -1.17. The molecule has 1 fully saturated rings. The Morgan fingerprint density at radius 2 is 2.22 bits per heavy atom. The summed E-state index contributed by atoms with van der Waals surface area (Å²) in [7, 11) is 0. The topological polar surface area (TPSA) is 71.5 Å². The molecule has 1 aromatic heterocycles. The molecule has 1 saturated heterocycles. The Morgan fingerprint density at radius 1 is 1.50 bits per heavy atom. The van der Waals surface area contributed by atoms with E-state index in [1.807, 2.05) is 6.92 Å². The molecule has 2 heterocycles. The Labute approximate surface area is 105 Å². The minimum absolute atomic E-state index is 0.125. The highest BCUT2D eigenvalue weighted by atomic mass is 16.7. The van der Waals surface area contributed by atoms with Crippen LogP contribution in [0.1, 0.15) is 24.5 Å². The lowest BCUT2D eigenvalue weighted by atomic mass is 9.84. The minimum atomic E-state index is -1.03. The van der Waals surface area contributed by atoms with Gasteiger partial charge in [0, 0.05) is 17.7 Å². The number of rotatable bonds is 2. The fourth-order valence-corrected chi connectivity index (χ4v) is 3.09. The van der Waals surface area contributed by atoms with Gasteiger partial charge in [-0.15, -0.1) is 0 Å². The second kappa shape index (κ2) is 4.19. The first-order valence-electron chi connectivity index (χ1n) is 6.33. The van der Waals surface area contributed by atoms with Crippen LogP contribution in [0.15, 0.2) is 17.1 Å². The van der Waals surface area contributed by atoms with Gasteiger partial charge in [-0.1, -0.05) is 6.92 Å². The van der Waals surface area contributed by atoms with E-state index in [2.05, 4.69) is 4.98 Å². The first kappa shape index (κ1) is 11.9. The van der Waals surface area contributed by atoms with Crippen molar-refractivity contribution in [2.24, 2.45) is 5.92 Å². The molecule has 5 heteroatoms. The zero-order valence-corrected chi connectivity index (χ0v) is 10.3. The highest BCUT2D eigenvalue weighted by Crippen LogP contribution is 2.45. The Kier molecular flexibility index (Phi) is 2.77. The third-order valence-electron chi connectivity index (χ3n) is 4.08. The third-order valence-corrected chi connectivity index (χ3v) is 4.08. The first-order valence-corrected chi connectivity index (χ1v) is 6.33. The van der Waals surface area contributed by atoms with Crippen molar-refractivity contribution in [2.75, 3.05) is 13.2 Å². The van der Waals surface area contributed by atoms with E-state index in [0.717, 1.165) is 5.56 Å². The second-order valence-electron chi connectivity index (χ2n) is 4.90. The summed E-state index contributed by atoms with van der Waals surface area (Å²) >= 11 is 0. The molecule has 1 aromatic rings. The summed E-state index contributed by atoms with van der Waals surface area (Å²) in [5.41, 5.74) is 0.224. The minimum Gasteiger partial charge on any atom is -0.385 e.